The minimum atomic E-state index is -4.68. The fourth-order valence-corrected chi connectivity index (χ4v) is 5.94. The Labute approximate surface area is 234 Å². The topological polar surface area (TPSA) is 66.9 Å². The lowest BCUT2D eigenvalue weighted by molar-refractivity contribution is -0.140. The average Bonchev–Trinajstić information content (AvgIpc) is 3.73. The SMILES string of the molecule is Cc1cc(C(C2CC2)N2CCc3c(cc(Cn4ccn(C)c4=N)cc3-c3cccnc3C(F)(F)F)C2=O)ccc1F. The largest absolute Gasteiger partial charge is 0.433 e. The van der Waals surface area contributed by atoms with Gasteiger partial charge in [0.25, 0.3) is 5.91 Å². The molecule has 0 bridgehead atoms. The van der Waals surface area contributed by atoms with E-state index in [0.29, 0.717) is 40.8 Å². The van der Waals surface area contributed by atoms with Crippen molar-refractivity contribution in [2.24, 2.45) is 13.0 Å². The van der Waals surface area contributed by atoms with E-state index in [2.05, 4.69) is 4.98 Å². The summed E-state index contributed by atoms with van der Waals surface area (Å²) in [4.78, 5) is 19.7. The van der Waals surface area contributed by atoms with Crippen molar-refractivity contribution in [3.05, 3.63) is 106 Å². The molecular formula is C31H29F4N5O. The van der Waals surface area contributed by atoms with Gasteiger partial charge in [-0.1, -0.05) is 18.2 Å². The summed E-state index contributed by atoms with van der Waals surface area (Å²) in [7, 11) is 1.74. The molecule has 1 N–H and O–H groups in total. The molecule has 6 rings (SSSR count). The molecular weight excluding hydrogens is 534 g/mol. The zero-order chi connectivity index (χ0) is 29.1. The van der Waals surface area contributed by atoms with Gasteiger partial charge < -0.3 is 14.0 Å². The summed E-state index contributed by atoms with van der Waals surface area (Å²) in [6.07, 6.45) is 2.16. The maximum atomic E-state index is 14.2. The van der Waals surface area contributed by atoms with E-state index < -0.39 is 11.9 Å². The predicted octanol–water partition coefficient (Wildman–Crippen LogP) is 6.03. The highest BCUT2D eigenvalue weighted by atomic mass is 19.4. The van der Waals surface area contributed by atoms with Gasteiger partial charge in [0.2, 0.25) is 5.62 Å². The molecule has 41 heavy (non-hydrogen) atoms. The Hall–Kier alpha value is -4.21. The summed E-state index contributed by atoms with van der Waals surface area (Å²) in [6, 6.07) is 11.0. The first-order valence-electron chi connectivity index (χ1n) is 13.5. The highest BCUT2D eigenvalue weighted by molar-refractivity contribution is 5.99. The molecule has 1 aliphatic heterocycles. The highest BCUT2D eigenvalue weighted by Gasteiger charge is 2.42. The van der Waals surface area contributed by atoms with E-state index >= 15 is 0 Å². The Kier molecular flexibility index (Phi) is 6.59. The number of alkyl halides is 3. The lowest BCUT2D eigenvalue weighted by Gasteiger charge is -2.37. The third kappa shape index (κ3) is 4.96. The molecule has 0 saturated heterocycles. The van der Waals surface area contributed by atoms with Crippen LogP contribution in [-0.2, 0) is 26.2 Å². The second kappa shape index (κ2) is 10.0. The van der Waals surface area contributed by atoms with Crippen LogP contribution in [0.5, 0.6) is 0 Å². The smallest absolute Gasteiger partial charge is 0.331 e. The van der Waals surface area contributed by atoms with Crippen molar-refractivity contribution in [2.45, 2.75) is 44.9 Å². The van der Waals surface area contributed by atoms with E-state index in [-0.39, 0.29) is 41.4 Å². The molecule has 4 aromatic rings. The van der Waals surface area contributed by atoms with E-state index in [1.54, 1.807) is 64.7 Å². The fraction of sp³-hybridized carbons (Fsp3) is 0.323. The maximum absolute atomic E-state index is 14.2. The average molecular weight is 564 g/mol. The zero-order valence-electron chi connectivity index (χ0n) is 22.7. The van der Waals surface area contributed by atoms with Gasteiger partial charge in [-0.3, -0.25) is 15.2 Å². The lowest BCUT2D eigenvalue weighted by Crippen LogP contribution is -2.41. The van der Waals surface area contributed by atoms with Gasteiger partial charge in [-0.2, -0.15) is 13.2 Å². The Morgan fingerprint density at radius 3 is 2.49 bits per heavy atom. The van der Waals surface area contributed by atoms with Crippen LogP contribution in [0.2, 0.25) is 0 Å². The summed E-state index contributed by atoms with van der Waals surface area (Å²) in [5.41, 5.74) is 2.36. The number of fused-ring (bicyclic) bond motifs is 1. The number of imidazole rings is 1. The van der Waals surface area contributed by atoms with Crippen molar-refractivity contribution in [3.63, 3.8) is 0 Å². The monoisotopic (exact) mass is 563 g/mol. The molecule has 1 amide bonds. The number of hydrogen-bond donors (Lipinski definition) is 1. The zero-order valence-corrected chi connectivity index (χ0v) is 22.7. The fourth-order valence-electron chi connectivity index (χ4n) is 5.94. The second-order valence-corrected chi connectivity index (χ2v) is 11.0. The number of amides is 1. The molecule has 2 aromatic heterocycles. The molecule has 1 unspecified atom stereocenters. The third-order valence-electron chi connectivity index (χ3n) is 8.13. The number of rotatable bonds is 6. The van der Waals surface area contributed by atoms with Crippen LogP contribution in [0, 0.1) is 24.1 Å². The number of carbonyl (C=O) groups is 1. The van der Waals surface area contributed by atoms with Gasteiger partial charge in [-0.25, -0.2) is 4.39 Å². The molecule has 1 saturated carbocycles. The van der Waals surface area contributed by atoms with Crippen molar-refractivity contribution < 1.29 is 22.4 Å². The van der Waals surface area contributed by atoms with E-state index in [1.807, 2.05) is 0 Å². The molecule has 10 heteroatoms. The van der Waals surface area contributed by atoms with Gasteiger partial charge >= 0.3 is 6.18 Å². The minimum Gasteiger partial charge on any atom is -0.331 e. The highest BCUT2D eigenvalue weighted by Crippen LogP contribution is 2.47. The van der Waals surface area contributed by atoms with Crippen LogP contribution in [-0.4, -0.2) is 31.5 Å². The van der Waals surface area contributed by atoms with Gasteiger partial charge in [0.15, 0.2) is 5.69 Å². The van der Waals surface area contributed by atoms with Gasteiger partial charge in [0.1, 0.15) is 5.82 Å². The van der Waals surface area contributed by atoms with Crippen molar-refractivity contribution in [1.82, 2.24) is 19.0 Å². The number of carbonyl (C=O) groups excluding carboxylic acids is 1. The number of nitrogens with one attached hydrogen (secondary N) is 1. The molecule has 1 atom stereocenters. The number of aryl methyl sites for hydroxylation is 2. The normalized spacial score (nSPS) is 16.1. The molecule has 1 fully saturated rings. The van der Waals surface area contributed by atoms with Gasteiger partial charge in [-0.15, -0.1) is 0 Å². The molecule has 1 aliphatic carbocycles. The van der Waals surface area contributed by atoms with Crippen LogP contribution in [0.3, 0.4) is 0 Å². The van der Waals surface area contributed by atoms with Crippen molar-refractivity contribution in [1.29, 1.82) is 5.41 Å². The summed E-state index contributed by atoms with van der Waals surface area (Å²) in [5, 5.41) is 8.32. The van der Waals surface area contributed by atoms with Crippen molar-refractivity contribution >= 4 is 5.91 Å². The van der Waals surface area contributed by atoms with Gasteiger partial charge in [0, 0.05) is 43.3 Å². The minimum absolute atomic E-state index is 0.0728. The van der Waals surface area contributed by atoms with Crippen LogP contribution in [0.1, 0.15) is 57.2 Å². The molecule has 2 aliphatic rings. The lowest BCUT2D eigenvalue weighted by atomic mass is 9.86. The predicted molar refractivity (Wildman–Crippen MR) is 144 cm³/mol. The van der Waals surface area contributed by atoms with Crippen LogP contribution < -0.4 is 5.62 Å². The van der Waals surface area contributed by atoms with Crippen molar-refractivity contribution in [2.75, 3.05) is 6.54 Å². The van der Waals surface area contributed by atoms with E-state index in [4.69, 9.17) is 5.41 Å². The van der Waals surface area contributed by atoms with Crippen LogP contribution >= 0.6 is 0 Å². The standard InChI is InChI=1S/C31H29F4N5O/c1-18-14-21(7-8-26(18)32)27(20-5-6-20)40-11-9-22-24(23-4-3-10-37-28(23)31(33,34)35)15-19(16-25(22)29(40)41)17-39-13-12-38(2)30(39)36/h3-4,7-8,10,12-16,20,27,36H,5-6,9,11,17H2,1-2H3. The molecule has 3 heterocycles. The van der Waals surface area contributed by atoms with Crippen LogP contribution in [0.4, 0.5) is 17.6 Å². The number of benzene rings is 2. The third-order valence-corrected chi connectivity index (χ3v) is 8.13. The molecule has 2 aromatic carbocycles. The maximum Gasteiger partial charge on any atom is 0.433 e. The molecule has 6 nitrogen and oxygen atoms in total. The Balaban J connectivity index is 1.49. The number of halogens is 4. The quantitative estimate of drug-likeness (QED) is 0.291. The number of nitrogens with zero attached hydrogens (tertiary/aromatic N) is 4. The van der Waals surface area contributed by atoms with Gasteiger partial charge in [-0.05, 0) is 84.2 Å². The Bertz CT molecular complexity index is 1720. The summed E-state index contributed by atoms with van der Waals surface area (Å²) in [5.74, 6) is -0.319. The van der Waals surface area contributed by atoms with Gasteiger partial charge in [0.05, 0.1) is 12.6 Å². The van der Waals surface area contributed by atoms with E-state index in [9.17, 15) is 22.4 Å². The first kappa shape index (κ1) is 27.0. The van der Waals surface area contributed by atoms with Crippen LogP contribution in [0.15, 0.2) is 61.1 Å². The Morgan fingerprint density at radius 1 is 1.07 bits per heavy atom. The molecule has 212 valence electrons. The van der Waals surface area contributed by atoms with E-state index in [1.165, 1.54) is 18.2 Å². The number of pyridine rings is 1. The first-order valence-corrected chi connectivity index (χ1v) is 13.5. The summed E-state index contributed by atoms with van der Waals surface area (Å²) < 4.78 is 59.6. The Morgan fingerprint density at radius 2 is 1.83 bits per heavy atom. The van der Waals surface area contributed by atoms with Crippen LogP contribution in [0.25, 0.3) is 11.1 Å². The summed E-state index contributed by atoms with van der Waals surface area (Å²) in [6.45, 7) is 2.24. The number of aromatic nitrogens is 3. The van der Waals surface area contributed by atoms with E-state index in [0.717, 1.165) is 24.6 Å². The number of hydrogen-bond acceptors (Lipinski definition) is 3. The summed E-state index contributed by atoms with van der Waals surface area (Å²) >= 11 is 0. The first-order chi connectivity index (χ1) is 19.5. The molecule has 0 radical (unpaired) electrons. The second-order valence-electron chi connectivity index (χ2n) is 11.0. The van der Waals surface area contributed by atoms with Crippen molar-refractivity contribution in [3.8, 4) is 11.1 Å². The molecule has 0 spiro atoms.